The van der Waals surface area contributed by atoms with Gasteiger partial charge in [-0.05, 0) is 30.3 Å². The Morgan fingerprint density at radius 2 is 1.86 bits per heavy atom. The fraction of sp³-hybridized carbons (Fsp3) is 0.188. The van der Waals surface area contributed by atoms with Crippen molar-refractivity contribution < 1.29 is 14.6 Å². The number of phenolic OH excluding ortho intramolecular Hbond substituents is 1. The van der Waals surface area contributed by atoms with Crippen LogP contribution in [0.4, 0.5) is 5.69 Å². The summed E-state index contributed by atoms with van der Waals surface area (Å²) < 4.78 is 5.40. The van der Waals surface area contributed by atoms with E-state index in [4.69, 9.17) is 10.5 Å². The number of ether oxygens (including phenoxy) is 1. The van der Waals surface area contributed by atoms with Gasteiger partial charge in [0.1, 0.15) is 11.5 Å². The molecule has 0 fully saturated rings. The summed E-state index contributed by atoms with van der Waals surface area (Å²) in [6.45, 7) is 0.268. The molecule has 2 aromatic carbocycles. The summed E-state index contributed by atoms with van der Waals surface area (Å²) in [4.78, 5) is 13.5. The summed E-state index contributed by atoms with van der Waals surface area (Å²) in [5.74, 6) is 0.597. The van der Waals surface area contributed by atoms with E-state index in [-0.39, 0.29) is 18.3 Å². The first-order valence-corrected chi connectivity index (χ1v) is 6.55. The molecule has 2 aromatic rings. The molecule has 0 aliphatic heterocycles. The zero-order valence-electron chi connectivity index (χ0n) is 11.8. The van der Waals surface area contributed by atoms with Gasteiger partial charge in [-0.3, -0.25) is 4.79 Å². The average molecular weight is 286 g/mol. The Kier molecular flexibility index (Phi) is 4.66. The lowest BCUT2D eigenvalue weighted by Crippen LogP contribution is -2.30. The Hall–Kier alpha value is -2.69. The lowest BCUT2D eigenvalue weighted by atomic mass is 10.2. The second kappa shape index (κ2) is 6.65. The first-order valence-electron chi connectivity index (χ1n) is 6.55. The molecule has 0 atom stereocenters. The molecule has 2 rings (SSSR count). The molecule has 0 radical (unpaired) electrons. The third-order valence-corrected chi connectivity index (χ3v) is 3.07. The number of anilines is 1. The minimum atomic E-state index is -0.171. The number of carbonyl (C=O) groups excluding carboxylic acids is 1. The molecule has 0 bridgehead atoms. The monoisotopic (exact) mass is 286 g/mol. The van der Waals surface area contributed by atoms with Gasteiger partial charge in [0.2, 0.25) is 0 Å². The summed E-state index contributed by atoms with van der Waals surface area (Å²) in [6, 6.07) is 13.8. The molecule has 0 aliphatic rings. The zero-order chi connectivity index (χ0) is 15.2. The van der Waals surface area contributed by atoms with E-state index in [2.05, 4.69) is 0 Å². The number of hydrogen-bond acceptors (Lipinski definition) is 4. The van der Waals surface area contributed by atoms with Gasteiger partial charge >= 0.3 is 0 Å². The van der Waals surface area contributed by atoms with Crippen molar-refractivity contribution >= 4 is 11.6 Å². The van der Waals surface area contributed by atoms with Crippen LogP contribution in [0.1, 0.15) is 5.56 Å². The highest BCUT2D eigenvalue weighted by molar-refractivity contribution is 5.77. The Morgan fingerprint density at radius 3 is 2.52 bits per heavy atom. The molecule has 0 unspecified atom stereocenters. The van der Waals surface area contributed by atoms with Gasteiger partial charge < -0.3 is 20.5 Å². The highest BCUT2D eigenvalue weighted by atomic mass is 16.5. The molecule has 0 saturated carbocycles. The van der Waals surface area contributed by atoms with Crippen LogP contribution in [-0.2, 0) is 11.3 Å². The topological polar surface area (TPSA) is 75.8 Å². The second-order valence-electron chi connectivity index (χ2n) is 4.74. The number of benzene rings is 2. The second-order valence-corrected chi connectivity index (χ2v) is 4.74. The van der Waals surface area contributed by atoms with E-state index in [1.54, 1.807) is 49.5 Å². The molecule has 3 N–H and O–H groups in total. The fourth-order valence-corrected chi connectivity index (χ4v) is 1.81. The Bertz CT molecular complexity index is 611. The van der Waals surface area contributed by atoms with Gasteiger partial charge in [0.15, 0.2) is 6.61 Å². The molecule has 5 nitrogen and oxygen atoms in total. The predicted octanol–water partition coefficient (Wildman–Crippen LogP) is 2.01. The number of aromatic hydroxyl groups is 1. The van der Waals surface area contributed by atoms with Crippen LogP contribution in [0, 0.1) is 0 Å². The van der Waals surface area contributed by atoms with Crippen molar-refractivity contribution in [2.45, 2.75) is 6.54 Å². The van der Waals surface area contributed by atoms with E-state index in [0.717, 1.165) is 0 Å². The van der Waals surface area contributed by atoms with E-state index in [9.17, 15) is 9.90 Å². The van der Waals surface area contributed by atoms with Crippen molar-refractivity contribution in [2.75, 3.05) is 19.4 Å². The minimum Gasteiger partial charge on any atom is -0.508 e. The SMILES string of the molecule is CN(Cc1ccccc1O)C(=O)COc1ccc(N)cc1. The summed E-state index contributed by atoms with van der Waals surface area (Å²) in [7, 11) is 1.67. The van der Waals surface area contributed by atoms with Gasteiger partial charge in [-0.25, -0.2) is 0 Å². The van der Waals surface area contributed by atoms with Crippen LogP contribution in [0.15, 0.2) is 48.5 Å². The van der Waals surface area contributed by atoms with E-state index in [0.29, 0.717) is 23.5 Å². The van der Waals surface area contributed by atoms with Crippen LogP contribution in [0.3, 0.4) is 0 Å². The van der Waals surface area contributed by atoms with Crippen molar-refractivity contribution in [3.63, 3.8) is 0 Å². The summed E-state index contributed by atoms with van der Waals surface area (Å²) >= 11 is 0. The van der Waals surface area contributed by atoms with E-state index in [1.807, 2.05) is 6.07 Å². The number of hydrogen-bond donors (Lipinski definition) is 2. The molecular formula is C16H18N2O3. The van der Waals surface area contributed by atoms with Crippen molar-refractivity contribution in [1.29, 1.82) is 0 Å². The maximum absolute atomic E-state index is 12.0. The van der Waals surface area contributed by atoms with Crippen LogP contribution in [0.25, 0.3) is 0 Å². The number of carbonyl (C=O) groups is 1. The third kappa shape index (κ3) is 4.14. The van der Waals surface area contributed by atoms with Gasteiger partial charge in [-0.15, -0.1) is 0 Å². The van der Waals surface area contributed by atoms with Gasteiger partial charge in [-0.1, -0.05) is 18.2 Å². The summed E-state index contributed by atoms with van der Waals surface area (Å²) in [5, 5.41) is 9.69. The number of likely N-dealkylation sites (N-methyl/N-ethyl adjacent to an activating group) is 1. The number of phenols is 1. The largest absolute Gasteiger partial charge is 0.508 e. The van der Waals surface area contributed by atoms with Crippen LogP contribution >= 0.6 is 0 Å². The molecule has 0 aromatic heterocycles. The van der Waals surface area contributed by atoms with Gasteiger partial charge in [0.25, 0.3) is 5.91 Å². The van der Waals surface area contributed by atoms with Crippen molar-refractivity contribution in [1.82, 2.24) is 4.90 Å². The van der Waals surface area contributed by atoms with Crippen LogP contribution in [0.2, 0.25) is 0 Å². The lowest BCUT2D eigenvalue weighted by Gasteiger charge is -2.18. The Balaban J connectivity index is 1.88. The minimum absolute atomic E-state index is 0.0615. The van der Waals surface area contributed by atoms with Crippen LogP contribution in [0.5, 0.6) is 11.5 Å². The molecule has 21 heavy (non-hydrogen) atoms. The number of rotatable bonds is 5. The van der Waals surface area contributed by atoms with Crippen LogP contribution < -0.4 is 10.5 Å². The zero-order valence-corrected chi connectivity index (χ0v) is 11.8. The molecule has 5 heteroatoms. The highest BCUT2D eigenvalue weighted by Crippen LogP contribution is 2.17. The Morgan fingerprint density at radius 1 is 1.19 bits per heavy atom. The molecule has 1 amide bonds. The third-order valence-electron chi connectivity index (χ3n) is 3.07. The maximum atomic E-state index is 12.0. The van der Waals surface area contributed by atoms with E-state index >= 15 is 0 Å². The van der Waals surface area contributed by atoms with Crippen LogP contribution in [-0.4, -0.2) is 29.6 Å². The number of para-hydroxylation sites is 1. The molecule has 0 spiro atoms. The molecule has 0 heterocycles. The summed E-state index contributed by atoms with van der Waals surface area (Å²) in [6.07, 6.45) is 0. The average Bonchev–Trinajstić information content (AvgIpc) is 2.48. The fourth-order valence-electron chi connectivity index (χ4n) is 1.81. The predicted molar refractivity (Wildman–Crippen MR) is 80.9 cm³/mol. The first kappa shape index (κ1) is 14.7. The Labute approximate surface area is 123 Å². The van der Waals surface area contributed by atoms with E-state index in [1.165, 1.54) is 4.90 Å². The molecule has 0 aliphatic carbocycles. The van der Waals surface area contributed by atoms with Crippen molar-refractivity contribution in [2.24, 2.45) is 0 Å². The van der Waals surface area contributed by atoms with Crippen molar-refractivity contribution in [3.8, 4) is 11.5 Å². The smallest absolute Gasteiger partial charge is 0.260 e. The van der Waals surface area contributed by atoms with Gasteiger partial charge in [0.05, 0.1) is 0 Å². The number of amides is 1. The summed E-state index contributed by atoms with van der Waals surface area (Å²) in [5.41, 5.74) is 6.92. The quantitative estimate of drug-likeness (QED) is 0.824. The first-order chi connectivity index (χ1) is 10.1. The normalized spacial score (nSPS) is 10.1. The number of nitrogens with two attached hydrogens (primary N) is 1. The highest BCUT2D eigenvalue weighted by Gasteiger charge is 2.12. The van der Waals surface area contributed by atoms with Gasteiger partial charge in [-0.2, -0.15) is 0 Å². The molecule has 110 valence electrons. The number of nitrogens with zero attached hydrogens (tertiary/aromatic N) is 1. The molecular weight excluding hydrogens is 268 g/mol. The lowest BCUT2D eigenvalue weighted by molar-refractivity contribution is -0.132. The van der Waals surface area contributed by atoms with Crippen molar-refractivity contribution in [3.05, 3.63) is 54.1 Å². The van der Waals surface area contributed by atoms with E-state index < -0.39 is 0 Å². The van der Waals surface area contributed by atoms with Gasteiger partial charge in [0, 0.05) is 24.8 Å². The number of nitrogen functional groups attached to an aromatic ring is 1. The molecule has 0 saturated heterocycles. The maximum Gasteiger partial charge on any atom is 0.260 e. The standard InChI is InChI=1S/C16H18N2O3/c1-18(10-12-4-2-3-5-15(12)19)16(20)11-21-14-8-6-13(17)7-9-14/h2-9,19H,10-11,17H2,1H3.